The van der Waals surface area contributed by atoms with Gasteiger partial charge in [0, 0.05) is 15.1 Å². The van der Waals surface area contributed by atoms with Crippen LogP contribution in [-0.4, -0.2) is 36.5 Å². The Labute approximate surface area is 226 Å². The van der Waals surface area contributed by atoms with Crippen LogP contribution in [0, 0.1) is 0 Å². The molecule has 1 aromatic heterocycles. The lowest BCUT2D eigenvalue weighted by Crippen LogP contribution is -2.30. The van der Waals surface area contributed by atoms with Gasteiger partial charge in [-0.25, -0.2) is 9.59 Å². The van der Waals surface area contributed by atoms with Crippen molar-refractivity contribution in [2.45, 2.75) is 20.1 Å². The molecule has 1 saturated heterocycles. The highest BCUT2D eigenvalue weighted by atomic mass is 79.9. The normalized spacial score (nSPS) is 14.2. The standard InChI is InChI=1S/C26H22BrClN2O7/c1-3-35-22-11-16(18(27)12-23(22)36-14-15-6-4-5-7-19(15)28)10-20-24(31)30(26(33)29-20)13-17-8-9-21(37-17)25(32)34-2/h4-12H,3,13-14H2,1-2H3,(H,29,33)/b20-10-. The molecule has 9 nitrogen and oxygen atoms in total. The third kappa shape index (κ3) is 5.98. The van der Waals surface area contributed by atoms with Crippen molar-refractivity contribution in [3.05, 3.63) is 86.4 Å². The first-order valence-corrected chi connectivity index (χ1v) is 12.3. The molecule has 0 saturated carbocycles. The molecule has 192 valence electrons. The minimum Gasteiger partial charge on any atom is -0.490 e. The Balaban J connectivity index is 1.54. The van der Waals surface area contributed by atoms with Crippen molar-refractivity contribution in [1.29, 1.82) is 0 Å². The van der Waals surface area contributed by atoms with E-state index in [-0.39, 0.29) is 30.4 Å². The number of furan rings is 1. The summed E-state index contributed by atoms with van der Waals surface area (Å²) < 4.78 is 22.3. The highest BCUT2D eigenvalue weighted by Gasteiger charge is 2.34. The molecule has 1 fully saturated rings. The number of esters is 1. The second-order valence-corrected chi connectivity index (χ2v) is 9.03. The number of imide groups is 1. The van der Waals surface area contributed by atoms with Crippen molar-refractivity contribution < 1.29 is 33.0 Å². The van der Waals surface area contributed by atoms with E-state index in [4.69, 9.17) is 25.5 Å². The van der Waals surface area contributed by atoms with Crippen LogP contribution in [0.3, 0.4) is 0 Å². The summed E-state index contributed by atoms with van der Waals surface area (Å²) in [5.41, 5.74) is 1.48. The van der Waals surface area contributed by atoms with Crippen molar-refractivity contribution in [1.82, 2.24) is 10.2 Å². The Morgan fingerprint density at radius 3 is 2.62 bits per heavy atom. The Morgan fingerprint density at radius 1 is 1.14 bits per heavy atom. The lowest BCUT2D eigenvalue weighted by atomic mass is 10.1. The van der Waals surface area contributed by atoms with Gasteiger partial charge >= 0.3 is 12.0 Å². The fourth-order valence-electron chi connectivity index (χ4n) is 3.51. The number of urea groups is 1. The number of nitrogens with one attached hydrogen (secondary N) is 1. The Morgan fingerprint density at radius 2 is 1.89 bits per heavy atom. The predicted octanol–water partition coefficient (Wildman–Crippen LogP) is 5.55. The molecule has 0 radical (unpaired) electrons. The number of methoxy groups -OCH3 is 1. The quantitative estimate of drug-likeness (QED) is 0.198. The first-order chi connectivity index (χ1) is 17.8. The van der Waals surface area contributed by atoms with Crippen LogP contribution in [0.15, 0.2) is 63.1 Å². The van der Waals surface area contributed by atoms with Crippen LogP contribution >= 0.6 is 27.5 Å². The average molecular weight is 590 g/mol. The van der Waals surface area contributed by atoms with E-state index < -0.39 is 17.9 Å². The van der Waals surface area contributed by atoms with Crippen molar-refractivity contribution in [2.75, 3.05) is 13.7 Å². The number of ether oxygens (including phenoxy) is 3. The maximum Gasteiger partial charge on any atom is 0.373 e. The smallest absolute Gasteiger partial charge is 0.373 e. The van der Waals surface area contributed by atoms with Crippen LogP contribution in [0.25, 0.3) is 6.08 Å². The molecule has 0 unspecified atom stereocenters. The molecule has 1 N–H and O–H groups in total. The van der Waals surface area contributed by atoms with E-state index in [1.54, 1.807) is 18.2 Å². The summed E-state index contributed by atoms with van der Waals surface area (Å²) in [6, 6.07) is 13.1. The van der Waals surface area contributed by atoms with Gasteiger partial charge in [0.1, 0.15) is 18.1 Å². The minimum absolute atomic E-state index is 0.0236. The number of benzene rings is 2. The van der Waals surface area contributed by atoms with Crippen molar-refractivity contribution in [2.24, 2.45) is 0 Å². The summed E-state index contributed by atoms with van der Waals surface area (Å²) in [6.07, 6.45) is 1.53. The summed E-state index contributed by atoms with van der Waals surface area (Å²) in [4.78, 5) is 38.0. The third-order valence-electron chi connectivity index (χ3n) is 5.33. The van der Waals surface area contributed by atoms with Gasteiger partial charge in [-0.3, -0.25) is 9.69 Å². The van der Waals surface area contributed by atoms with E-state index in [9.17, 15) is 14.4 Å². The summed E-state index contributed by atoms with van der Waals surface area (Å²) in [5, 5.41) is 3.16. The van der Waals surface area contributed by atoms with E-state index in [0.717, 1.165) is 10.5 Å². The molecule has 2 heterocycles. The van der Waals surface area contributed by atoms with Gasteiger partial charge < -0.3 is 23.9 Å². The molecule has 0 spiro atoms. The highest BCUT2D eigenvalue weighted by Crippen LogP contribution is 2.36. The molecule has 1 aliphatic rings. The van der Waals surface area contributed by atoms with Crippen LogP contribution < -0.4 is 14.8 Å². The van der Waals surface area contributed by atoms with E-state index in [1.165, 1.54) is 25.3 Å². The van der Waals surface area contributed by atoms with Crippen molar-refractivity contribution in [3.8, 4) is 11.5 Å². The number of rotatable bonds is 9. The third-order valence-corrected chi connectivity index (χ3v) is 6.38. The van der Waals surface area contributed by atoms with Crippen LogP contribution in [0.5, 0.6) is 11.5 Å². The molecule has 0 atom stereocenters. The maximum absolute atomic E-state index is 13.0. The number of carbonyl (C=O) groups is 3. The summed E-state index contributed by atoms with van der Waals surface area (Å²) in [5.74, 6) is -0.0275. The zero-order chi connectivity index (χ0) is 26.5. The lowest BCUT2D eigenvalue weighted by molar-refractivity contribution is -0.123. The van der Waals surface area contributed by atoms with E-state index >= 15 is 0 Å². The van der Waals surface area contributed by atoms with Crippen LogP contribution in [0.1, 0.15) is 34.4 Å². The van der Waals surface area contributed by atoms with Gasteiger partial charge in [0.15, 0.2) is 11.5 Å². The molecular formula is C26H22BrClN2O7. The number of carbonyl (C=O) groups excluding carboxylic acids is 3. The summed E-state index contributed by atoms with van der Waals surface area (Å²) in [7, 11) is 1.23. The molecule has 1 aliphatic heterocycles. The highest BCUT2D eigenvalue weighted by molar-refractivity contribution is 9.10. The Kier molecular flexibility index (Phi) is 8.20. The maximum atomic E-state index is 13.0. The molecule has 4 rings (SSSR count). The SMILES string of the molecule is CCOc1cc(/C=C2\NC(=O)N(Cc3ccc(C(=O)OC)o3)C2=O)c(Br)cc1OCc1ccccc1Cl. The zero-order valence-corrected chi connectivity index (χ0v) is 22.2. The Bertz CT molecular complexity index is 1380. The fraction of sp³-hybridized carbons (Fsp3) is 0.192. The van der Waals surface area contributed by atoms with Gasteiger partial charge in [-0.05, 0) is 48.9 Å². The molecular weight excluding hydrogens is 568 g/mol. The number of amides is 3. The molecule has 11 heteroatoms. The van der Waals surface area contributed by atoms with Gasteiger partial charge in [0.05, 0.1) is 20.3 Å². The minimum atomic E-state index is -0.654. The zero-order valence-electron chi connectivity index (χ0n) is 19.9. The second kappa shape index (κ2) is 11.5. The first-order valence-electron chi connectivity index (χ1n) is 11.1. The molecule has 37 heavy (non-hydrogen) atoms. The lowest BCUT2D eigenvalue weighted by Gasteiger charge is -2.15. The van der Waals surface area contributed by atoms with Crippen LogP contribution in [0.2, 0.25) is 5.02 Å². The first kappa shape index (κ1) is 26.3. The topological polar surface area (TPSA) is 107 Å². The van der Waals surface area contributed by atoms with E-state index in [0.29, 0.717) is 33.2 Å². The van der Waals surface area contributed by atoms with Crippen LogP contribution in [-0.2, 0) is 22.7 Å². The number of hydrogen-bond acceptors (Lipinski definition) is 7. The van der Waals surface area contributed by atoms with Crippen LogP contribution in [0.4, 0.5) is 4.79 Å². The second-order valence-electron chi connectivity index (χ2n) is 7.77. The fourth-order valence-corrected chi connectivity index (χ4v) is 4.14. The summed E-state index contributed by atoms with van der Waals surface area (Å²) in [6.45, 7) is 2.32. The van der Waals surface area contributed by atoms with E-state index in [1.807, 2.05) is 25.1 Å². The number of halogens is 2. The van der Waals surface area contributed by atoms with E-state index in [2.05, 4.69) is 26.0 Å². The molecule has 3 amide bonds. The van der Waals surface area contributed by atoms with Gasteiger partial charge in [0.25, 0.3) is 5.91 Å². The largest absolute Gasteiger partial charge is 0.490 e. The van der Waals surface area contributed by atoms with Crippen molar-refractivity contribution >= 4 is 51.5 Å². The Hall–Kier alpha value is -3.76. The molecule has 0 aliphatic carbocycles. The predicted molar refractivity (Wildman–Crippen MR) is 138 cm³/mol. The molecule has 2 aromatic carbocycles. The molecule has 0 bridgehead atoms. The number of hydrogen-bond donors (Lipinski definition) is 1. The van der Waals surface area contributed by atoms with Gasteiger partial charge in [-0.2, -0.15) is 0 Å². The average Bonchev–Trinajstić information content (AvgIpc) is 3.46. The number of nitrogens with zero attached hydrogens (tertiary/aromatic N) is 1. The van der Waals surface area contributed by atoms with Gasteiger partial charge in [-0.1, -0.05) is 45.7 Å². The van der Waals surface area contributed by atoms with Gasteiger partial charge in [-0.15, -0.1) is 0 Å². The monoisotopic (exact) mass is 588 g/mol. The van der Waals surface area contributed by atoms with Gasteiger partial charge in [0.2, 0.25) is 5.76 Å². The molecule has 3 aromatic rings. The van der Waals surface area contributed by atoms with Crippen molar-refractivity contribution in [3.63, 3.8) is 0 Å². The summed E-state index contributed by atoms with van der Waals surface area (Å²) >= 11 is 9.73.